The van der Waals surface area contributed by atoms with E-state index in [1.54, 1.807) is 13.0 Å². The molecule has 2 atom stereocenters. The Hall–Kier alpha value is -1.96. The number of ether oxygens (including phenoxy) is 1. The Balaban J connectivity index is 1.97. The van der Waals surface area contributed by atoms with Crippen molar-refractivity contribution in [3.05, 3.63) is 58.1 Å². The molecule has 0 radical (unpaired) electrons. The summed E-state index contributed by atoms with van der Waals surface area (Å²) in [5, 5.41) is 3.63. The van der Waals surface area contributed by atoms with Crippen molar-refractivity contribution in [3.8, 4) is 5.75 Å². The fraction of sp³-hybridized carbons (Fsp3) is 0.458. The Bertz CT molecular complexity index is 1120. The third kappa shape index (κ3) is 5.42. The Kier molecular flexibility index (Phi) is 7.87. The molecule has 1 heterocycles. The van der Waals surface area contributed by atoms with E-state index in [4.69, 9.17) is 27.9 Å². The number of nitrogens with one attached hydrogen (secondary N) is 1. The summed E-state index contributed by atoms with van der Waals surface area (Å²) in [6.07, 6.45) is 3.54. The fourth-order valence-corrected chi connectivity index (χ4v) is 5.88. The van der Waals surface area contributed by atoms with Crippen molar-refractivity contribution in [2.24, 2.45) is 0 Å². The predicted octanol–water partition coefficient (Wildman–Crippen LogP) is 5.74. The topological polar surface area (TPSA) is 75.7 Å². The van der Waals surface area contributed by atoms with Gasteiger partial charge in [-0.1, -0.05) is 62.2 Å². The molecule has 3 rings (SSSR count). The number of anilines is 1. The van der Waals surface area contributed by atoms with Crippen LogP contribution in [0, 0.1) is 0 Å². The minimum absolute atomic E-state index is 0.215. The van der Waals surface area contributed by atoms with E-state index in [1.165, 1.54) is 12.1 Å². The number of nitrogens with zero attached hydrogens (tertiary/aromatic N) is 1. The van der Waals surface area contributed by atoms with Gasteiger partial charge in [0.05, 0.1) is 28.0 Å². The number of sulfonamides is 1. The zero-order chi connectivity index (χ0) is 24.4. The van der Waals surface area contributed by atoms with Gasteiger partial charge >= 0.3 is 0 Å². The molecule has 33 heavy (non-hydrogen) atoms. The lowest BCUT2D eigenvalue weighted by molar-refractivity contribution is -0.123. The molecule has 0 saturated carbocycles. The number of rotatable bonds is 8. The number of para-hydroxylation sites is 1. The van der Waals surface area contributed by atoms with Gasteiger partial charge in [-0.05, 0) is 43.5 Å². The molecular weight excluding hydrogens is 483 g/mol. The number of hydrogen-bond acceptors (Lipinski definition) is 4. The van der Waals surface area contributed by atoms with Gasteiger partial charge in [-0.3, -0.25) is 9.10 Å². The van der Waals surface area contributed by atoms with E-state index in [9.17, 15) is 13.2 Å². The molecule has 0 aliphatic carbocycles. The quantitative estimate of drug-likeness (QED) is 0.489. The summed E-state index contributed by atoms with van der Waals surface area (Å²) < 4.78 is 33.0. The average molecular weight is 513 g/mol. The van der Waals surface area contributed by atoms with Crippen LogP contribution in [0.15, 0.2) is 42.5 Å². The van der Waals surface area contributed by atoms with Crippen molar-refractivity contribution in [3.63, 3.8) is 0 Å². The molecule has 0 spiro atoms. The van der Waals surface area contributed by atoms with E-state index in [1.807, 2.05) is 24.3 Å². The SMILES string of the molecule is CC[C@@H](C(=O)N[C@@H]1CC(CC)(CC)Oc2ccccc21)N(c1ccc(Cl)c(Cl)c1)S(C)(=O)=O. The first-order chi connectivity index (χ1) is 15.5. The molecule has 1 N–H and O–H groups in total. The van der Waals surface area contributed by atoms with E-state index in [0.29, 0.717) is 11.4 Å². The van der Waals surface area contributed by atoms with Crippen molar-refractivity contribution >= 4 is 44.8 Å². The van der Waals surface area contributed by atoms with Gasteiger partial charge in [0.15, 0.2) is 0 Å². The molecular formula is C24H30Cl2N2O4S. The lowest BCUT2D eigenvalue weighted by Crippen LogP contribution is -2.52. The number of halogens is 2. The normalized spacial score (nSPS) is 18.1. The highest BCUT2D eigenvalue weighted by atomic mass is 35.5. The minimum Gasteiger partial charge on any atom is -0.487 e. The van der Waals surface area contributed by atoms with Gasteiger partial charge in [-0.15, -0.1) is 0 Å². The summed E-state index contributed by atoms with van der Waals surface area (Å²) in [7, 11) is -3.79. The first-order valence-electron chi connectivity index (χ1n) is 11.1. The van der Waals surface area contributed by atoms with Crippen molar-refractivity contribution in [1.82, 2.24) is 5.32 Å². The first-order valence-corrected chi connectivity index (χ1v) is 13.7. The minimum atomic E-state index is -3.79. The largest absolute Gasteiger partial charge is 0.487 e. The molecule has 180 valence electrons. The molecule has 1 aliphatic rings. The Morgan fingerprint density at radius 1 is 1.15 bits per heavy atom. The summed E-state index contributed by atoms with van der Waals surface area (Å²) in [5.74, 6) is 0.368. The van der Waals surface area contributed by atoms with Crippen molar-refractivity contribution < 1.29 is 17.9 Å². The summed E-state index contributed by atoms with van der Waals surface area (Å²) in [6, 6.07) is 10.9. The lowest BCUT2D eigenvalue weighted by Gasteiger charge is -2.42. The molecule has 2 aromatic carbocycles. The van der Waals surface area contributed by atoms with Crippen LogP contribution < -0.4 is 14.4 Å². The maximum Gasteiger partial charge on any atom is 0.244 e. The van der Waals surface area contributed by atoms with Gasteiger partial charge in [-0.2, -0.15) is 0 Å². The predicted molar refractivity (Wildman–Crippen MR) is 134 cm³/mol. The first kappa shape index (κ1) is 25.7. The van der Waals surface area contributed by atoms with Gasteiger partial charge in [0.25, 0.3) is 0 Å². The zero-order valence-corrected chi connectivity index (χ0v) is 21.6. The standard InChI is InChI=1S/C24H30Cl2N2O4S/c1-5-21(28(33(4,30)31)16-12-13-18(25)19(26)14-16)23(29)27-20-15-24(6-2,7-3)32-22-11-9-8-10-17(20)22/h8-14,20-21H,5-7,15H2,1-4H3,(H,27,29)/t20-,21+/m1/s1. The van der Waals surface area contributed by atoms with Crippen LogP contribution in [0.4, 0.5) is 5.69 Å². The van der Waals surface area contributed by atoms with Gasteiger partial charge in [0.2, 0.25) is 15.9 Å². The van der Waals surface area contributed by atoms with Crippen molar-refractivity contribution in [2.45, 2.75) is 64.1 Å². The number of benzene rings is 2. The Morgan fingerprint density at radius 2 is 1.82 bits per heavy atom. The van der Waals surface area contributed by atoms with Gasteiger partial charge < -0.3 is 10.1 Å². The number of carbonyl (C=O) groups excluding carboxylic acids is 1. The number of hydrogen-bond donors (Lipinski definition) is 1. The van der Waals surface area contributed by atoms with E-state index < -0.39 is 21.7 Å². The highest BCUT2D eigenvalue weighted by Crippen LogP contribution is 2.42. The molecule has 9 heteroatoms. The maximum absolute atomic E-state index is 13.5. The van der Waals surface area contributed by atoms with Crippen molar-refractivity contribution in [1.29, 1.82) is 0 Å². The van der Waals surface area contributed by atoms with E-state index in [0.717, 1.165) is 34.7 Å². The smallest absolute Gasteiger partial charge is 0.244 e. The Morgan fingerprint density at radius 3 is 2.39 bits per heavy atom. The number of fused-ring (bicyclic) bond motifs is 1. The summed E-state index contributed by atoms with van der Waals surface area (Å²) in [6.45, 7) is 5.92. The molecule has 0 saturated heterocycles. The van der Waals surface area contributed by atoms with E-state index in [2.05, 4.69) is 19.2 Å². The van der Waals surface area contributed by atoms with Crippen LogP contribution in [0.1, 0.15) is 58.1 Å². The summed E-state index contributed by atoms with van der Waals surface area (Å²) >= 11 is 12.2. The summed E-state index contributed by atoms with van der Waals surface area (Å²) in [4.78, 5) is 13.5. The second-order valence-corrected chi connectivity index (χ2v) is 11.1. The van der Waals surface area contributed by atoms with Crippen LogP contribution in [-0.4, -0.2) is 32.2 Å². The van der Waals surface area contributed by atoms with Gasteiger partial charge in [-0.25, -0.2) is 8.42 Å². The van der Waals surface area contributed by atoms with Crippen molar-refractivity contribution in [2.75, 3.05) is 10.6 Å². The number of amides is 1. The molecule has 1 aliphatic heterocycles. The molecule has 0 fully saturated rings. The second-order valence-electron chi connectivity index (χ2n) is 8.38. The maximum atomic E-state index is 13.5. The van der Waals surface area contributed by atoms with Gasteiger partial charge in [0, 0.05) is 12.0 Å². The van der Waals surface area contributed by atoms with Crippen LogP contribution in [-0.2, 0) is 14.8 Å². The van der Waals surface area contributed by atoms with Crippen LogP contribution >= 0.6 is 23.2 Å². The molecule has 0 unspecified atom stereocenters. The Labute approximate surface area is 206 Å². The molecule has 2 aromatic rings. The van der Waals surface area contributed by atoms with E-state index >= 15 is 0 Å². The van der Waals surface area contributed by atoms with Crippen LogP contribution in [0.2, 0.25) is 10.0 Å². The highest BCUT2D eigenvalue weighted by molar-refractivity contribution is 7.92. The van der Waals surface area contributed by atoms with E-state index in [-0.39, 0.29) is 29.1 Å². The molecule has 1 amide bonds. The highest BCUT2D eigenvalue weighted by Gasteiger charge is 2.40. The average Bonchev–Trinajstić information content (AvgIpc) is 2.78. The third-order valence-corrected chi connectivity index (χ3v) is 8.21. The number of carbonyl (C=O) groups is 1. The lowest BCUT2D eigenvalue weighted by atomic mass is 9.83. The third-order valence-electron chi connectivity index (χ3n) is 6.29. The van der Waals surface area contributed by atoms with Crippen LogP contribution in [0.3, 0.4) is 0 Å². The monoisotopic (exact) mass is 512 g/mol. The zero-order valence-electron chi connectivity index (χ0n) is 19.3. The second kappa shape index (κ2) is 10.1. The summed E-state index contributed by atoms with van der Waals surface area (Å²) in [5.41, 5.74) is 0.783. The molecule has 6 nitrogen and oxygen atoms in total. The van der Waals surface area contributed by atoms with Crippen LogP contribution in [0.5, 0.6) is 5.75 Å². The fourth-order valence-electron chi connectivity index (χ4n) is 4.38. The van der Waals surface area contributed by atoms with Crippen LogP contribution in [0.25, 0.3) is 0 Å². The molecule has 0 bridgehead atoms. The molecule has 0 aromatic heterocycles. The van der Waals surface area contributed by atoms with Gasteiger partial charge in [0.1, 0.15) is 17.4 Å².